The van der Waals surface area contributed by atoms with E-state index < -0.39 is 0 Å². The molecule has 0 aliphatic rings. The average molecular weight is 249 g/mol. The topological polar surface area (TPSA) is 22.1 Å². The lowest BCUT2D eigenvalue weighted by molar-refractivity contribution is 0.107. The van der Waals surface area contributed by atoms with E-state index in [2.05, 4.69) is 29.2 Å². The first-order chi connectivity index (χ1) is 9.42. The van der Waals surface area contributed by atoms with Crippen LogP contribution in [0.1, 0.15) is 11.1 Å². The van der Waals surface area contributed by atoms with Gasteiger partial charge in [-0.3, -0.25) is 4.98 Å². The molecule has 0 aliphatic carbocycles. The van der Waals surface area contributed by atoms with Crippen molar-refractivity contribution >= 4 is 10.9 Å². The Morgan fingerprint density at radius 2 is 1.53 bits per heavy atom. The molecule has 0 bridgehead atoms. The van der Waals surface area contributed by atoms with Crippen LogP contribution in [0, 0.1) is 0 Å². The first-order valence-electron chi connectivity index (χ1n) is 6.37. The molecule has 1 heterocycles. The molecule has 0 N–H and O–H groups in total. The molecule has 2 aromatic carbocycles. The molecule has 0 saturated heterocycles. The number of hydrogen-bond acceptors (Lipinski definition) is 2. The number of hydrogen-bond donors (Lipinski definition) is 0. The van der Waals surface area contributed by atoms with E-state index >= 15 is 0 Å². The summed E-state index contributed by atoms with van der Waals surface area (Å²) in [6, 6.07) is 20.4. The van der Waals surface area contributed by atoms with Crippen LogP contribution in [0.15, 0.2) is 66.9 Å². The Hall–Kier alpha value is -2.19. The van der Waals surface area contributed by atoms with E-state index in [1.807, 2.05) is 42.6 Å². The smallest absolute Gasteiger partial charge is 0.0736 e. The molecule has 0 fully saturated rings. The van der Waals surface area contributed by atoms with Crippen LogP contribution in [0.2, 0.25) is 0 Å². The second kappa shape index (κ2) is 5.63. The zero-order valence-electron chi connectivity index (χ0n) is 10.6. The number of nitrogens with zero attached hydrogens (tertiary/aromatic N) is 1. The van der Waals surface area contributed by atoms with Gasteiger partial charge in [0.2, 0.25) is 0 Å². The van der Waals surface area contributed by atoms with Crippen LogP contribution in [0.5, 0.6) is 0 Å². The van der Waals surface area contributed by atoms with Crippen LogP contribution in [-0.2, 0) is 18.0 Å². The second-order valence-corrected chi connectivity index (χ2v) is 4.51. The number of rotatable bonds is 4. The van der Waals surface area contributed by atoms with E-state index in [-0.39, 0.29) is 0 Å². The Labute approximate surface area is 112 Å². The van der Waals surface area contributed by atoms with Gasteiger partial charge in [0.25, 0.3) is 0 Å². The van der Waals surface area contributed by atoms with Gasteiger partial charge in [-0.25, -0.2) is 0 Å². The van der Waals surface area contributed by atoms with E-state index in [0.29, 0.717) is 13.2 Å². The van der Waals surface area contributed by atoms with Gasteiger partial charge in [-0.1, -0.05) is 48.5 Å². The summed E-state index contributed by atoms with van der Waals surface area (Å²) in [6.07, 6.45) is 1.88. The summed E-state index contributed by atoms with van der Waals surface area (Å²) in [5, 5.41) is 1.16. The highest BCUT2D eigenvalue weighted by Crippen LogP contribution is 2.13. The Kier molecular flexibility index (Phi) is 3.52. The van der Waals surface area contributed by atoms with Gasteiger partial charge in [0.05, 0.1) is 18.7 Å². The highest BCUT2D eigenvalue weighted by molar-refractivity contribution is 5.78. The Morgan fingerprint density at radius 3 is 2.42 bits per heavy atom. The molecule has 94 valence electrons. The zero-order chi connectivity index (χ0) is 12.9. The Balaban J connectivity index is 1.65. The summed E-state index contributed by atoms with van der Waals surface area (Å²) in [5.41, 5.74) is 3.32. The van der Waals surface area contributed by atoms with E-state index in [0.717, 1.165) is 16.5 Å². The number of benzene rings is 2. The fourth-order valence-electron chi connectivity index (χ4n) is 2.06. The number of pyridine rings is 1. The summed E-state index contributed by atoms with van der Waals surface area (Å²) in [5.74, 6) is 0. The van der Waals surface area contributed by atoms with E-state index in [1.165, 1.54) is 5.56 Å². The third-order valence-electron chi connectivity index (χ3n) is 3.03. The Bertz CT molecular complexity index is 664. The van der Waals surface area contributed by atoms with Crippen molar-refractivity contribution in [2.75, 3.05) is 0 Å². The van der Waals surface area contributed by atoms with Crippen LogP contribution >= 0.6 is 0 Å². The quantitative estimate of drug-likeness (QED) is 0.698. The maximum Gasteiger partial charge on any atom is 0.0736 e. The van der Waals surface area contributed by atoms with Crippen molar-refractivity contribution in [1.29, 1.82) is 0 Å². The summed E-state index contributed by atoms with van der Waals surface area (Å²) in [6.45, 7) is 1.22. The van der Waals surface area contributed by atoms with Crippen molar-refractivity contribution in [3.8, 4) is 0 Å². The van der Waals surface area contributed by atoms with E-state index in [9.17, 15) is 0 Å². The van der Waals surface area contributed by atoms with Crippen molar-refractivity contribution in [2.45, 2.75) is 13.2 Å². The van der Waals surface area contributed by atoms with E-state index in [4.69, 9.17) is 4.74 Å². The lowest BCUT2D eigenvalue weighted by Gasteiger charge is -2.05. The molecule has 2 nitrogen and oxygen atoms in total. The van der Waals surface area contributed by atoms with Crippen molar-refractivity contribution in [2.24, 2.45) is 0 Å². The predicted octanol–water partition coefficient (Wildman–Crippen LogP) is 3.95. The van der Waals surface area contributed by atoms with Crippen LogP contribution < -0.4 is 0 Å². The first kappa shape index (κ1) is 11.9. The number of fused-ring (bicyclic) bond motifs is 1. The molecule has 0 atom stereocenters. The molecular formula is C17H15NO. The lowest BCUT2D eigenvalue weighted by Crippen LogP contribution is -1.95. The number of para-hydroxylation sites is 1. The second-order valence-electron chi connectivity index (χ2n) is 4.51. The minimum Gasteiger partial charge on any atom is -0.372 e. The van der Waals surface area contributed by atoms with Gasteiger partial charge in [-0.05, 0) is 23.3 Å². The highest BCUT2D eigenvalue weighted by atomic mass is 16.5. The van der Waals surface area contributed by atoms with Gasteiger partial charge in [-0.15, -0.1) is 0 Å². The van der Waals surface area contributed by atoms with Gasteiger partial charge < -0.3 is 4.74 Å². The number of aromatic nitrogens is 1. The van der Waals surface area contributed by atoms with Gasteiger partial charge in [-0.2, -0.15) is 0 Å². The maximum atomic E-state index is 5.71. The molecule has 0 aliphatic heterocycles. The summed E-state index contributed by atoms with van der Waals surface area (Å²) < 4.78 is 5.71. The predicted molar refractivity (Wildman–Crippen MR) is 76.7 cm³/mol. The van der Waals surface area contributed by atoms with Crippen molar-refractivity contribution < 1.29 is 4.74 Å². The third kappa shape index (κ3) is 2.98. The standard InChI is InChI=1S/C17H15NO/c1-2-6-14(7-3-1)12-19-13-15-10-16-8-4-5-9-17(16)18-11-15/h1-11H,12-13H2. The molecule has 2 heteroatoms. The van der Waals surface area contributed by atoms with Crippen molar-refractivity contribution in [1.82, 2.24) is 4.98 Å². The molecule has 1 aromatic heterocycles. The summed E-state index contributed by atoms with van der Waals surface area (Å²) in [4.78, 5) is 4.43. The minimum atomic E-state index is 0.590. The maximum absolute atomic E-state index is 5.71. The molecule has 0 spiro atoms. The lowest BCUT2D eigenvalue weighted by atomic mass is 10.2. The molecule has 0 unspecified atom stereocenters. The molecule has 0 saturated carbocycles. The van der Waals surface area contributed by atoms with Crippen LogP contribution in [0.3, 0.4) is 0 Å². The molecule has 0 radical (unpaired) electrons. The highest BCUT2D eigenvalue weighted by Gasteiger charge is 1.98. The Morgan fingerprint density at radius 1 is 0.789 bits per heavy atom. The van der Waals surface area contributed by atoms with Crippen molar-refractivity contribution in [3.63, 3.8) is 0 Å². The van der Waals surface area contributed by atoms with Gasteiger partial charge in [0, 0.05) is 11.6 Å². The van der Waals surface area contributed by atoms with Crippen LogP contribution in [0.25, 0.3) is 10.9 Å². The number of ether oxygens (including phenoxy) is 1. The van der Waals surface area contributed by atoms with Crippen molar-refractivity contribution in [3.05, 3.63) is 78.0 Å². The fraction of sp³-hybridized carbons (Fsp3) is 0.118. The molecule has 0 amide bonds. The molecule has 19 heavy (non-hydrogen) atoms. The molecular weight excluding hydrogens is 234 g/mol. The summed E-state index contributed by atoms with van der Waals surface area (Å²) >= 11 is 0. The zero-order valence-corrected chi connectivity index (χ0v) is 10.6. The normalized spacial score (nSPS) is 10.7. The van der Waals surface area contributed by atoms with Gasteiger partial charge >= 0.3 is 0 Å². The summed E-state index contributed by atoms with van der Waals surface area (Å²) in [7, 11) is 0. The van der Waals surface area contributed by atoms with Gasteiger partial charge in [0.1, 0.15) is 0 Å². The SMILES string of the molecule is c1ccc(COCc2cnc3ccccc3c2)cc1. The molecule has 3 aromatic rings. The van der Waals surface area contributed by atoms with Gasteiger partial charge in [0.15, 0.2) is 0 Å². The monoisotopic (exact) mass is 249 g/mol. The largest absolute Gasteiger partial charge is 0.372 e. The van der Waals surface area contributed by atoms with Crippen LogP contribution in [0.4, 0.5) is 0 Å². The molecule has 3 rings (SSSR count). The first-order valence-corrected chi connectivity index (χ1v) is 6.37. The third-order valence-corrected chi connectivity index (χ3v) is 3.03. The average Bonchev–Trinajstić information content (AvgIpc) is 2.48. The fourth-order valence-corrected chi connectivity index (χ4v) is 2.06. The minimum absolute atomic E-state index is 0.590. The van der Waals surface area contributed by atoms with E-state index in [1.54, 1.807) is 0 Å². The van der Waals surface area contributed by atoms with Crippen LogP contribution in [-0.4, -0.2) is 4.98 Å².